The maximum Gasteiger partial charge on any atom is 0.105 e. The van der Waals surface area contributed by atoms with Crippen molar-refractivity contribution in [3.8, 4) is 0 Å². The van der Waals surface area contributed by atoms with E-state index in [1.807, 2.05) is 0 Å². The van der Waals surface area contributed by atoms with Crippen LogP contribution in [0.2, 0.25) is 0 Å². The molecule has 1 atom stereocenters. The molecule has 0 spiro atoms. The first-order chi connectivity index (χ1) is 2.27. The van der Waals surface area contributed by atoms with Gasteiger partial charge < -0.3 is 0 Å². The Morgan fingerprint density at radius 2 is 2.20 bits per heavy atom. The molecule has 0 saturated heterocycles. The lowest BCUT2D eigenvalue weighted by Crippen LogP contribution is -1.89. The van der Waals surface area contributed by atoms with Crippen LogP contribution in [0.3, 0.4) is 0 Å². The molecule has 0 fully saturated rings. The third-order valence-electron chi connectivity index (χ3n) is 0.213. The highest BCUT2D eigenvalue weighted by Crippen LogP contribution is 1.90. The second-order valence-corrected chi connectivity index (χ2v) is 1.68. The molecule has 0 nitrogen and oxygen atoms in total. The average Bonchev–Trinajstić information content (AvgIpc) is 1.38. The molecule has 0 saturated carbocycles. The minimum atomic E-state index is -0.429. The summed E-state index contributed by atoms with van der Waals surface area (Å²) in [4.78, 5) is 0. The Bertz CT molecular complexity index is 20.9. The van der Waals surface area contributed by atoms with Crippen LogP contribution < -0.4 is 0 Å². The molecule has 0 bridgehead atoms. The molecular formula is C3H6ClF. The number of hydrogen-bond acceptors (Lipinski definition) is 0. The summed E-state index contributed by atoms with van der Waals surface area (Å²) in [6, 6.07) is 0. The highest BCUT2D eigenvalue weighted by Gasteiger charge is 1.87. The molecule has 0 unspecified atom stereocenters. The second-order valence-electron chi connectivity index (χ2n) is 0.935. The van der Waals surface area contributed by atoms with Crippen LogP contribution in [0, 0.1) is 0 Å². The molecule has 0 rings (SSSR count). The molecule has 0 aliphatic rings. The van der Waals surface area contributed by atoms with E-state index < -0.39 is 6.67 Å². The molecule has 0 aromatic rings. The number of hydrogen-bond donors (Lipinski definition) is 0. The van der Waals surface area contributed by atoms with E-state index in [0.29, 0.717) is 0 Å². The maximum absolute atomic E-state index is 11.0. The van der Waals surface area contributed by atoms with Crippen LogP contribution in [0.1, 0.15) is 6.92 Å². The number of rotatable bonds is 1. The van der Waals surface area contributed by atoms with Crippen LogP contribution in [-0.2, 0) is 0 Å². The fraction of sp³-hybridized carbons (Fsp3) is 1.00. The van der Waals surface area contributed by atoms with Crippen LogP contribution in [0.4, 0.5) is 4.39 Å². The van der Waals surface area contributed by atoms with Crippen molar-refractivity contribution in [1.82, 2.24) is 0 Å². The Labute approximate surface area is 35.9 Å². The van der Waals surface area contributed by atoms with Gasteiger partial charge in [-0.25, -0.2) is 4.39 Å². The standard InChI is InChI=1S/C3H6ClF/c1-3(4)2-5/h3H,2H2,1H3/t3-/m0/s1. The smallest absolute Gasteiger partial charge is 0.105 e. The number of alkyl halides is 2. The fourth-order valence-electron chi connectivity index (χ4n) is 0. The van der Waals surface area contributed by atoms with Gasteiger partial charge in [-0.3, -0.25) is 0 Å². The molecule has 2 heteroatoms. The van der Waals surface area contributed by atoms with E-state index in [1.54, 1.807) is 6.92 Å². The average molecular weight is 96.5 g/mol. The molecule has 32 valence electrons. The minimum absolute atomic E-state index is 0.310. The monoisotopic (exact) mass is 96.0 g/mol. The molecule has 5 heavy (non-hydrogen) atoms. The van der Waals surface area contributed by atoms with Gasteiger partial charge in [0.1, 0.15) is 6.67 Å². The molecule has 0 aliphatic carbocycles. The SMILES string of the molecule is C[C@H](Cl)CF. The van der Waals surface area contributed by atoms with Crippen molar-refractivity contribution in [2.45, 2.75) is 12.3 Å². The normalized spacial score (nSPS) is 15.0. The summed E-state index contributed by atoms with van der Waals surface area (Å²) < 4.78 is 11.0. The Morgan fingerprint density at radius 1 is 2.00 bits per heavy atom. The van der Waals surface area contributed by atoms with Gasteiger partial charge in [-0.1, -0.05) is 0 Å². The van der Waals surface area contributed by atoms with E-state index in [-0.39, 0.29) is 5.38 Å². The lowest BCUT2D eigenvalue weighted by atomic mass is 10.5. The summed E-state index contributed by atoms with van der Waals surface area (Å²) in [6.45, 7) is 1.18. The van der Waals surface area contributed by atoms with Gasteiger partial charge in [-0.15, -0.1) is 11.6 Å². The third kappa shape index (κ3) is 4.22. The van der Waals surface area contributed by atoms with Crippen molar-refractivity contribution in [1.29, 1.82) is 0 Å². The van der Waals surface area contributed by atoms with Gasteiger partial charge in [0.05, 0.1) is 5.38 Å². The van der Waals surface area contributed by atoms with Gasteiger partial charge in [0, 0.05) is 0 Å². The molecule has 0 aliphatic heterocycles. The quantitative estimate of drug-likeness (QED) is 0.435. The van der Waals surface area contributed by atoms with E-state index >= 15 is 0 Å². The van der Waals surface area contributed by atoms with Crippen molar-refractivity contribution in [3.05, 3.63) is 0 Å². The predicted octanol–water partition coefficient (Wildman–Crippen LogP) is 1.58. The highest BCUT2D eigenvalue weighted by atomic mass is 35.5. The molecule has 0 N–H and O–H groups in total. The molecule has 0 amide bonds. The molecule has 0 aromatic carbocycles. The van der Waals surface area contributed by atoms with E-state index in [1.165, 1.54) is 0 Å². The van der Waals surface area contributed by atoms with E-state index in [0.717, 1.165) is 0 Å². The summed E-state index contributed by atoms with van der Waals surface area (Å²) in [5, 5.41) is -0.310. The minimum Gasteiger partial charge on any atom is -0.249 e. The first-order valence-corrected chi connectivity index (χ1v) is 1.91. The van der Waals surface area contributed by atoms with Crippen molar-refractivity contribution >= 4 is 11.6 Å². The zero-order chi connectivity index (χ0) is 4.28. The summed E-state index contributed by atoms with van der Waals surface area (Å²) in [6.07, 6.45) is 0. The first kappa shape index (κ1) is 5.22. The van der Waals surface area contributed by atoms with Gasteiger partial charge in [-0.2, -0.15) is 0 Å². The van der Waals surface area contributed by atoms with Crippen LogP contribution >= 0.6 is 11.6 Å². The number of halogens is 2. The summed E-state index contributed by atoms with van der Waals surface area (Å²) in [7, 11) is 0. The fourth-order valence-corrected chi connectivity index (χ4v) is 0. The summed E-state index contributed by atoms with van der Waals surface area (Å²) >= 11 is 5.09. The van der Waals surface area contributed by atoms with Gasteiger partial charge in [-0.05, 0) is 6.92 Å². The second kappa shape index (κ2) is 2.46. The van der Waals surface area contributed by atoms with E-state index in [4.69, 9.17) is 11.6 Å². The summed E-state index contributed by atoms with van der Waals surface area (Å²) in [5.41, 5.74) is 0. The lowest BCUT2D eigenvalue weighted by molar-refractivity contribution is 0.491. The van der Waals surface area contributed by atoms with Gasteiger partial charge >= 0.3 is 0 Å². The van der Waals surface area contributed by atoms with Gasteiger partial charge in [0.2, 0.25) is 0 Å². The Kier molecular flexibility index (Phi) is 2.57. The van der Waals surface area contributed by atoms with Gasteiger partial charge in [0.15, 0.2) is 0 Å². The van der Waals surface area contributed by atoms with Gasteiger partial charge in [0.25, 0.3) is 0 Å². The van der Waals surface area contributed by atoms with Crippen LogP contribution in [0.5, 0.6) is 0 Å². The van der Waals surface area contributed by atoms with Crippen LogP contribution in [-0.4, -0.2) is 12.1 Å². The highest BCUT2D eigenvalue weighted by molar-refractivity contribution is 6.20. The Hall–Kier alpha value is 0.220. The van der Waals surface area contributed by atoms with Crippen molar-refractivity contribution < 1.29 is 4.39 Å². The largest absolute Gasteiger partial charge is 0.249 e. The Balaban J connectivity index is 2.54. The molecule has 0 radical (unpaired) electrons. The van der Waals surface area contributed by atoms with Crippen molar-refractivity contribution in [3.63, 3.8) is 0 Å². The van der Waals surface area contributed by atoms with E-state index in [9.17, 15) is 4.39 Å². The Morgan fingerprint density at radius 3 is 2.20 bits per heavy atom. The first-order valence-electron chi connectivity index (χ1n) is 1.47. The van der Waals surface area contributed by atoms with Crippen LogP contribution in [0.15, 0.2) is 0 Å². The predicted molar refractivity (Wildman–Crippen MR) is 21.3 cm³/mol. The van der Waals surface area contributed by atoms with Crippen molar-refractivity contribution in [2.24, 2.45) is 0 Å². The summed E-state index contributed by atoms with van der Waals surface area (Å²) in [5.74, 6) is 0. The topological polar surface area (TPSA) is 0 Å². The van der Waals surface area contributed by atoms with Crippen molar-refractivity contribution in [2.75, 3.05) is 6.67 Å². The van der Waals surface area contributed by atoms with Crippen LogP contribution in [0.25, 0.3) is 0 Å². The maximum atomic E-state index is 11.0. The molecule has 0 heterocycles. The van der Waals surface area contributed by atoms with E-state index in [2.05, 4.69) is 0 Å². The zero-order valence-electron chi connectivity index (χ0n) is 3.04. The molecular weight excluding hydrogens is 90.5 g/mol. The third-order valence-corrected chi connectivity index (χ3v) is 0.329. The molecule has 0 aromatic heterocycles. The zero-order valence-corrected chi connectivity index (χ0v) is 3.80. The lowest BCUT2D eigenvalue weighted by Gasteiger charge is -1.84.